The molecule has 1 aromatic carbocycles. The zero-order valence-corrected chi connectivity index (χ0v) is 13.8. The first kappa shape index (κ1) is 17.7. The molecule has 1 saturated heterocycles. The Morgan fingerprint density at radius 3 is 2.58 bits per heavy atom. The molecule has 1 amide bonds. The number of nitrogens with zero attached hydrogens (tertiary/aromatic N) is 2. The van der Waals surface area contributed by atoms with Crippen molar-refractivity contribution in [1.82, 2.24) is 5.32 Å². The van der Waals surface area contributed by atoms with E-state index in [9.17, 15) is 19.7 Å². The third-order valence-corrected chi connectivity index (χ3v) is 3.94. The van der Waals surface area contributed by atoms with Gasteiger partial charge in [-0.05, 0) is 31.9 Å². The highest BCUT2D eigenvalue weighted by atomic mass is 16.6. The molecule has 2 rings (SSSR count). The van der Waals surface area contributed by atoms with E-state index in [2.05, 4.69) is 5.32 Å². The van der Waals surface area contributed by atoms with Crippen molar-refractivity contribution in [3.8, 4) is 0 Å². The zero-order chi connectivity index (χ0) is 17.7. The van der Waals surface area contributed by atoms with Crippen LogP contribution in [-0.2, 0) is 9.53 Å². The molecular formula is C16H21N3O5. The number of amides is 1. The van der Waals surface area contributed by atoms with Gasteiger partial charge in [0.2, 0.25) is 5.91 Å². The van der Waals surface area contributed by atoms with Gasteiger partial charge in [-0.15, -0.1) is 0 Å². The van der Waals surface area contributed by atoms with Gasteiger partial charge < -0.3 is 15.0 Å². The van der Waals surface area contributed by atoms with E-state index in [1.165, 1.54) is 19.1 Å². The van der Waals surface area contributed by atoms with E-state index in [1.54, 1.807) is 13.0 Å². The Labute approximate surface area is 139 Å². The highest BCUT2D eigenvalue weighted by Crippen LogP contribution is 2.27. The standard InChI is InChI=1S/C16H21N3O5/c1-3-24-16(21)14-10-13(4-5-15(14)19(22)23)18-8-6-12(7-9-18)17-11(2)20/h4-5,10,12H,3,6-9H2,1-2H3,(H,17,20). The number of hydrogen-bond acceptors (Lipinski definition) is 6. The van der Waals surface area contributed by atoms with Gasteiger partial charge in [-0.25, -0.2) is 4.79 Å². The number of piperidine rings is 1. The van der Waals surface area contributed by atoms with E-state index in [0.29, 0.717) is 13.1 Å². The van der Waals surface area contributed by atoms with Crippen molar-refractivity contribution >= 4 is 23.3 Å². The highest BCUT2D eigenvalue weighted by molar-refractivity contribution is 5.95. The molecular weight excluding hydrogens is 314 g/mol. The van der Waals surface area contributed by atoms with E-state index in [-0.39, 0.29) is 29.8 Å². The predicted molar refractivity (Wildman–Crippen MR) is 88.1 cm³/mol. The largest absolute Gasteiger partial charge is 0.462 e. The summed E-state index contributed by atoms with van der Waals surface area (Å²) in [5.41, 5.74) is 0.443. The van der Waals surface area contributed by atoms with Crippen molar-refractivity contribution < 1.29 is 19.2 Å². The van der Waals surface area contributed by atoms with Crippen molar-refractivity contribution in [1.29, 1.82) is 0 Å². The Bertz CT molecular complexity index is 639. The van der Waals surface area contributed by atoms with Crippen molar-refractivity contribution in [2.24, 2.45) is 0 Å². The molecule has 0 aromatic heterocycles. The fourth-order valence-corrected chi connectivity index (χ4v) is 2.82. The van der Waals surface area contributed by atoms with E-state index in [0.717, 1.165) is 18.5 Å². The molecule has 1 heterocycles. The summed E-state index contributed by atoms with van der Waals surface area (Å²) in [5.74, 6) is -0.743. The summed E-state index contributed by atoms with van der Waals surface area (Å²) in [7, 11) is 0. The second kappa shape index (κ2) is 7.76. The van der Waals surface area contributed by atoms with Crippen LogP contribution in [0.25, 0.3) is 0 Å². The number of anilines is 1. The normalized spacial score (nSPS) is 15.0. The maximum Gasteiger partial charge on any atom is 0.345 e. The molecule has 1 aliphatic rings. The van der Waals surface area contributed by atoms with Gasteiger partial charge in [-0.3, -0.25) is 14.9 Å². The molecule has 0 unspecified atom stereocenters. The Morgan fingerprint density at radius 2 is 2.04 bits per heavy atom. The molecule has 1 aliphatic heterocycles. The lowest BCUT2D eigenvalue weighted by molar-refractivity contribution is -0.385. The maximum absolute atomic E-state index is 12.0. The van der Waals surface area contributed by atoms with Crippen LogP contribution in [0, 0.1) is 10.1 Å². The van der Waals surface area contributed by atoms with Crippen LogP contribution in [0.15, 0.2) is 18.2 Å². The molecule has 8 heteroatoms. The number of benzene rings is 1. The molecule has 0 atom stereocenters. The van der Waals surface area contributed by atoms with Crippen molar-refractivity contribution in [3.63, 3.8) is 0 Å². The molecule has 1 aromatic rings. The molecule has 24 heavy (non-hydrogen) atoms. The van der Waals surface area contributed by atoms with Gasteiger partial charge >= 0.3 is 5.97 Å². The third-order valence-electron chi connectivity index (χ3n) is 3.94. The summed E-state index contributed by atoms with van der Waals surface area (Å²) >= 11 is 0. The monoisotopic (exact) mass is 335 g/mol. The highest BCUT2D eigenvalue weighted by Gasteiger charge is 2.25. The summed E-state index contributed by atoms with van der Waals surface area (Å²) < 4.78 is 4.91. The second-order valence-corrected chi connectivity index (χ2v) is 5.64. The summed E-state index contributed by atoms with van der Waals surface area (Å²) in [5, 5.41) is 14.0. The molecule has 0 bridgehead atoms. The molecule has 0 radical (unpaired) electrons. The predicted octanol–water partition coefficient (Wildman–Crippen LogP) is 1.88. The van der Waals surface area contributed by atoms with Crippen molar-refractivity contribution in [3.05, 3.63) is 33.9 Å². The number of hydrogen-bond donors (Lipinski definition) is 1. The van der Waals surface area contributed by atoms with Gasteiger partial charge in [0.1, 0.15) is 5.56 Å². The first-order valence-corrected chi connectivity index (χ1v) is 7.90. The minimum atomic E-state index is -0.695. The van der Waals surface area contributed by atoms with Gasteiger partial charge in [-0.2, -0.15) is 0 Å². The first-order valence-electron chi connectivity index (χ1n) is 7.90. The zero-order valence-electron chi connectivity index (χ0n) is 13.8. The van der Waals surface area contributed by atoms with Crippen LogP contribution in [0.3, 0.4) is 0 Å². The van der Waals surface area contributed by atoms with Crippen LogP contribution in [0.4, 0.5) is 11.4 Å². The molecule has 0 saturated carbocycles. The topological polar surface area (TPSA) is 102 Å². The second-order valence-electron chi connectivity index (χ2n) is 5.64. The van der Waals surface area contributed by atoms with Crippen LogP contribution >= 0.6 is 0 Å². The lowest BCUT2D eigenvalue weighted by atomic mass is 10.0. The molecule has 0 aliphatic carbocycles. The van der Waals surface area contributed by atoms with Gasteiger partial charge in [0.25, 0.3) is 5.69 Å². The molecule has 8 nitrogen and oxygen atoms in total. The van der Waals surface area contributed by atoms with E-state index in [4.69, 9.17) is 4.74 Å². The maximum atomic E-state index is 12.0. The smallest absolute Gasteiger partial charge is 0.345 e. The lowest BCUT2D eigenvalue weighted by Crippen LogP contribution is -2.44. The van der Waals surface area contributed by atoms with Gasteiger partial charge in [-0.1, -0.05) is 0 Å². The SMILES string of the molecule is CCOC(=O)c1cc(N2CCC(NC(C)=O)CC2)ccc1[N+](=O)[O-]. The van der Waals surface area contributed by atoms with Gasteiger partial charge in [0.05, 0.1) is 11.5 Å². The Hall–Kier alpha value is -2.64. The summed E-state index contributed by atoms with van der Waals surface area (Å²) in [6.07, 6.45) is 1.57. The van der Waals surface area contributed by atoms with E-state index >= 15 is 0 Å². The number of esters is 1. The summed E-state index contributed by atoms with van der Waals surface area (Å²) in [6.45, 7) is 4.70. The molecule has 0 spiro atoms. The quantitative estimate of drug-likeness (QED) is 0.501. The van der Waals surface area contributed by atoms with Gasteiger partial charge in [0, 0.05) is 37.8 Å². The number of rotatable bonds is 5. The average molecular weight is 335 g/mol. The minimum absolute atomic E-state index is 0.0386. The third kappa shape index (κ3) is 4.21. The summed E-state index contributed by atoms with van der Waals surface area (Å²) in [4.78, 5) is 35.7. The van der Waals surface area contributed by atoms with Crippen LogP contribution in [0.5, 0.6) is 0 Å². The van der Waals surface area contributed by atoms with Crippen molar-refractivity contribution in [2.75, 3.05) is 24.6 Å². The van der Waals surface area contributed by atoms with Gasteiger partial charge in [0.15, 0.2) is 0 Å². The number of ether oxygens (including phenoxy) is 1. The fourth-order valence-electron chi connectivity index (χ4n) is 2.82. The fraction of sp³-hybridized carbons (Fsp3) is 0.500. The van der Waals surface area contributed by atoms with E-state index < -0.39 is 10.9 Å². The summed E-state index contributed by atoms with van der Waals surface area (Å²) in [6, 6.07) is 4.62. The average Bonchev–Trinajstić information content (AvgIpc) is 2.54. The Balaban J connectivity index is 2.17. The first-order chi connectivity index (χ1) is 11.4. The number of nitrogens with one attached hydrogen (secondary N) is 1. The van der Waals surface area contributed by atoms with Crippen LogP contribution < -0.4 is 10.2 Å². The van der Waals surface area contributed by atoms with Crippen LogP contribution in [0.1, 0.15) is 37.0 Å². The minimum Gasteiger partial charge on any atom is -0.462 e. The Morgan fingerprint density at radius 1 is 1.38 bits per heavy atom. The molecule has 130 valence electrons. The molecule has 1 N–H and O–H groups in total. The number of nitro groups is 1. The Kier molecular flexibility index (Phi) is 5.73. The number of carbonyl (C=O) groups excluding carboxylic acids is 2. The van der Waals surface area contributed by atoms with Crippen molar-refractivity contribution in [2.45, 2.75) is 32.7 Å². The number of carbonyl (C=O) groups is 2. The lowest BCUT2D eigenvalue weighted by Gasteiger charge is -2.33. The van der Waals surface area contributed by atoms with Crippen LogP contribution in [0.2, 0.25) is 0 Å². The molecule has 1 fully saturated rings. The number of nitro benzene ring substituents is 1. The van der Waals surface area contributed by atoms with Crippen LogP contribution in [-0.4, -0.2) is 42.5 Å². The van der Waals surface area contributed by atoms with E-state index in [1.807, 2.05) is 4.90 Å².